The van der Waals surface area contributed by atoms with Gasteiger partial charge in [-0.2, -0.15) is 0 Å². The largest absolute Gasteiger partial charge is 0.494 e. The van der Waals surface area contributed by atoms with Gasteiger partial charge < -0.3 is 14.8 Å². The highest BCUT2D eigenvalue weighted by atomic mass is 16.6. The van der Waals surface area contributed by atoms with Crippen LogP contribution in [0.1, 0.15) is 20.8 Å². The number of rotatable bonds is 7. The first kappa shape index (κ1) is 15.2. The summed E-state index contributed by atoms with van der Waals surface area (Å²) < 4.78 is 10.5. The van der Waals surface area contributed by atoms with Crippen molar-refractivity contribution in [3.8, 4) is 5.75 Å². The average molecular weight is 268 g/mol. The molecule has 0 radical (unpaired) electrons. The third-order valence-corrected chi connectivity index (χ3v) is 2.45. The molecule has 0 unspecified atom stereocenters. The first-order valence-electron chi connectivity index (χ1n) is 6.08. The van der Waals surface area contributed by atoms with Gasteiger partial charge in [0.15, 0.2) is 0 Å². The number of nitrogens with zero attached hydrogens (tertiary/aromatic N) is 1. The number of anilines is 1. The van der Waals surface area contributed by atoms with Gasteiger partial charge in [-0.25, -0.2) is 0 Å². The van der Waals surface area contributed by atoms with E-state index >= 15 is 0 Å². The summed E-state index contributed by atoms with van der Waals surface area (Å²) in [4.78, 5) is 10.6. The third-order valence-electron chi connectivity index (χ3n) is 2.45. The molecule has 0 bridgehead atoms. The minimum absolute atomic E-state index is 0.0210. The number of nitro groups is 1. The summed E-state index contributed by atoms with van der Waals surface area (Å²) in [6.45, 7) is 6.63. The van der Waals surface area contributed by atoms with Gasteiger partial charge >= 0.3 is 0 Å². The zero-order chi connectivity index (χ0) is 14.5. The number of nitro benzene ring substituents is 1. The molecule has 1 rings (SSSR count). The zero-order valence-corrected chi connectivity index (χ0v) is 11.7. The maximum Gasteiger partial charge on any atom is 0.292 e. The van der Waals surface area contributed by atoms with E-state index in [1.54, 1.807) is 19.2 Å². The van der Waals surface area contributed by atoms with Gasteiger partial charge in [0.2, 0.25) is 0 Å². The van der Waals surface area contributed by atoms with Crippen LogP contribution in [-0.4, -0.2) is 30.8 Å². The fourth-order valence-electron chi connectivity index (χ4n) is 1.79. The first-order valence-corrected chi connectivity index (χ1v) is 6.08. The van der Waals surface area contributed by atoms with Crippen LogP contribution in [0.3, 0.4) is 0 Å². The molecule has 1 aromatic rings. The molecule has 1 aromatic carbocycles. The number of hydrogen-bond acceptors (Lipinski definition) is 5. The fourth-order valence-corrected chi connectivity index (χ4v) is 1.79. The van der Waals surface area contributed by atoms with E-state index in [2.05, 4.69) is 5.32 Å². The SMILES string of the molecule is CCOc1ccc([N+](=O)[O-])c(NC(C)(C)COC)c1. The van der Waals surface area contributed by atoms with Crippen molar-refractivity contribution < 1.29 is 14.4 Å². The lowest BCUT2D eigenvalue weighted by atomic mass is 10.1. The van der Waals surface area contributed by atoms with Crippen molar-refractivity contribution in [1.29, 1.82) is 0 Å². The molecule has 0 saturated carbocycles. The van der Waals surface area contributed by atoms with E-state index < -0.39 is 10.5 Å². The minimum atomic E-state index is -0.416. The Kier molecular flexibility index (Phi) is 5.11. The Labute approximate surface area is 112 Å². The lowest BCUT2D eigenvalue weighted by Gasteiger charge is -2.26. The molecule has 0 aliphatic carbocycles. The quantitative estimate of drug-likeness (QED) is 0.608. The lowest BCUT2D eigenvalue weighted by Crippen LogP contribution is -2.36. The van der Waals surface area contributed by atoms with Gasteiger partial charge in [0, 0.05) is 19.2 Å². The van der Waals surface area contributed by atoms with E-state index in [0.29, 0.717) is 24.7 Å². The van der Waals surface area contributed by atoms with Crippen LogP contribution >= 0.6 is 0 Å². The standard InChI is InChI=1S/C13H20N2O4/c1-5-19-10-6-7-12(15(16)17)11(8-10)14-13(2,3)9-18-4/h6-8,14H,5,9H2,1-4H3. The highest BCUT2D eigenvalue weighted by Crippen LogP contribution is 2.31. The first-order chi connectivity index (χ1) is 8.89. The number of methoxy groups -OCH3 is 1. The fraction of sp³-hybridized carbons (Fsp3) is 0.538. The maximum atomic E-state index is 11.0. The summed E-state index contributed by atoms with van der Waals surface area (Å²) in [6.07, 6.45) is 0. The Morgan fingerprint density at radius 3 is 2.63 bits per heavy atom. The van der Waals surface area contributed by atoms with Gasteiger partial charge in [0.25, 0.3) is 5.69 Å². The van der Waals surface area contributed by atoms with E-state index in [0.717, 1.165) is 0 Å². The van der Waals surface area contributed by atoms with Gasteiger partial charge in [-0.05, 0) is 26.8 Å². The molecule has 0 amide bonds. The van der Waals surface area contributed by atoms with Crippen LogP contribution < -0.4 is 10.1 Å². The van der Waals surface area contributed by atoms with Crippen LogP contribution in [-0.2, 0) is 4.74 Å². The Hall–Kier alpha value is -1.82. The molecule has 0 fully saturated rings. The van der Waals surface area contributed by atoms with Gasteiger partial charge in [-0.15, -0.1) is 0 Å². The zero-order valence-electron chi connectivity index (χ0n) is 11.7. The molecule has 0 atom stereocenters. The Balaban J connectivity index is 3.07. The van der Waals surface area contributed by atoms with E-state index in [1.165, 1.54) is 6.07 Å². The van der Waals surface area contributed by atoms with Crippen molar-refractivity contribution in [1.82, 2.24) is 0 Å². The van der Waals surface area contributed by atoms with Crippen molar-refractivity contribution in [2.75, 3.05) is 25.6 Å². The second-order valence-corrected chi connectivity index (χ2v) is 4.81. The smallest absolute Gasteiger partial charge is 0.292 e. The molecule has 0 saturated heterocycles. The number of ether oxygens (including phenoxy) is 2. The van der Waals surface area contributed by atoms with Crippen molar-refractivity contribution in [2.24, 2.45) is 0 Å². The van der Waals surface area contributed by atoms with E-state index in [9.17, 15) is 10.1 Å². The highest BCUT2D eigenvalue weighted by Gasteiger charge is 2.23. The number of nitrogens with one attached hydrogen (secondary N) is 1. The summed E-state index contributed by atoms with van der Waals surface area (Å²) in [5.41, 5.74) is 0.0373. The second kappa shape index (κ2) is 6.38. The maximum absolute atomic E-state index is 11.0. The van der Waals surface area contributed by atoms with Crippen LogP contribution in [0.4, 0.5) is 11.4 Å². The number of benzene rings is 1. The van der Waals surface area contributed by atoms with Crippen LogP contribution in [0.15, 0.2) is 18.2 Å². The Bertz CT molecular complexity index is 446. The Morgan fingerprint density at radius 1 is 1.42 bits per heavy atom. The molecule has 6 heteroatoms. The van der Waals surface area contributed by atoms with Crippen molar-refractivity contribution in [2.45, 2.75) is 26.3 Å². The molecule has 0 heterocycles. The molecule has 6 nitrogen and oxygen atoms in total. The number of hydrogen-bond donors (Lipinski definition) is 1. The molecule has 0 aromatic heterocycles. The Morgan fingerprint density at radius 2 is 2.11 bits per heavy atom. The molecule has 0 spiro atoms. The lowest BCUT2D eigenvalue weighted by molar-refractivity contribution is -0.384. The summed E-state index contributed by atoms with van der Waals surface area (Å²) in [5.74, 6) is 0.601. The van der Waals surface area contributed by atoms with Crippen molar-refractivity contribution in [3.63, 3.8) is 0 Å². The van der Waals surface area contributed by atoms with Gasteiger partial charge in [0.05, 0.1) is 23.7 Å². The summed E-state index contributed by atoms with van der Waals surface area (Å²) in [6, 6.07) is 4.67. The predicted molar refractivity (Wildman–Crippen MR) is 73.8 cm³/mol. The van der Waals surface area contributed by atoms with Crippen LogP contribution in [0.25, 0.3) is 0 Å². The van der Waals surface area contributed by atoms with Gasteiger partial charge in [-0.1, -0.05) is 0 Å². The van der Waals surface area contributed by atoms with Crippen LogP contribution in [0, 0.1) is 10.1 Å². The van der Waals surface area contributed by atoms with E-state index in [-0.39, 0.29) is 5.69 Å². The molecule has 1 N–H and O–H groups in total. The normalized spacial score (nSPS) is 11.2. The summed E-state index contributed by atoms with van der Waals surface area (Å²) in [5, 5.41) is 14.1. The molecule has 19 heavy (non-hydrogen) atoms. The van der Waals surface area contributed by atoms with E-state index in [1.807, 2.05) is 20.8 Å². The summed E-state index contributed by atoms with van der Waals surface area (Å²) >= 11 is 0. The van der Waals surface area contributed by atoms with Crippen LogP contribution in [0.5, 0.6) is 5.75 Å². The molecule has 0 aliphatic heterocycles. The average Bonchev–Trinajstić information content (AvgIpc) is 2.28. The predicted octanol–water partition coefficient (Wildman–Crippen LogP) is 2.83. The van der Waals surface area contributed by atoms with Gasteiger partial charge in [0.1, 0.15) is 11.4 Å². The van der Waals surface area contributed by atoms with Crippen LogP contribution in [0.2, 0.25) is 0 Å². The molecular formula is C13H20N2O4. The van der Waals surface area contributed by atoms with Crippen molar-refractivity contribution in [3.05, 3.63) is 28.3 Å². The monoisotopic (exact) mass is 268 g/mol. The third kappa shape index (κ3) is 4.40. The highest BCUT2D eigenvalue weighted by molar-refractivity contribution is 5.65. The molecule has 0 aliphatic rings. The molecule has 106 valence electrons. The van der Waals surface area contributed by atoms with Crippen molar-refractivity contribution >= 4 is 11.4 Å². The van der Waals surface area contributed by atoms with Gasteiger partial charge in [-0.3, -0.25) is 10.1 Å². The topological polar surface area (TPSA) is 73.6 Å². The summed E-state index contributed by atoms with van der Waals surface area (Å²) in [7, 11) is 1.59. The molecular weight excluding hydrogens is 248 g/mol. The minimum Gasteiger partial charge on any atom is -0.494 e. The second-order valence-electron chi connectivity index (χ2n) is 4.81. The van der Waals surface area contributed by atoms with E-state index in [4.69, 9.17) is 9.47 Å².